The molecule has 4 saturated carbocycles. The van der Waals surface area contributed by atoms with Gasteiger partial charge in [0.2, 0.25) is 0 Å². The normalized spacial score (nSPS) is 56.8. The van der Waals surface area contributed by atoms with Crippen molar-refractivity contribution < 1.29 is 53.4 Å². The standard InChI is InChI=1S/C31H40O11/c1-11-7-17-22(30(6,37)27(36)42-17)14-8-15-20-16(9-19(39-12(2)32)28(15,4)21(11)14)29(5)26(40-13(3)33)24-18(41-24)10-31(29,38)25(35)23(20)34/h7,11,14-16,18-24,26,34,37-38H,8-10H2,1-6H3/t11-,14+,15+,16+,18+,19+,20+,21+,22-,23+,24+,26+,28+,29-,30+,31+/m1/s1. The minimum Gasteiger partial charge on any atom is -0.462 e. The van der Waals surface area contributed by atoms with Crippen LogP contribution in [0.5, 0.6) is 0 Å². The van der Waals surface area contributed by atoms with Crippen molar-refractivity contribution in [3.8, 4) is 0 Å². The first-order valence-corrected chi connectivity index (χ1v) is 15.1. The maximum atomic E-state index is 14.1. The minimum absolute atomic E-state index is 0.0227. The van der Waals surface area contributed by atoms with Crippen molar-refractivity contribution in [1.29, 1.82) is 0 Å². The molecule has 5 aliphatic carbocycles. The summed E-state index contributed by atoms with van der Waals surface area (Å²) < 4.78 is 23.3. The number of aliphatic hydroxyl groups excluding tert-OH is 1. The molecular formula is C31H40O11. The highest BCUT2D eigenvalue weighted by Gasteiger charge is 2.80. The van der Waals surface area contributed by atoms with Gasteiger partial charge >= 0.3 is 17.9 Å². The molecule has 3 N–H and O–H groups in total. The number of ketones is 1. The number of Topliss-reactive ketones (excluding diaryl/α,β-unsaturated/α-hetero) is 1. The first-order valence-electron chi connectivity index (χ1n) is 15.1. The van der Waals surface area contributed by atoms with E-state index in [1.807, 2.05) is 19.9 Å². The molecule has 0 radical (unpaired) electrons. The Balaban J connectivity index is 1.39. The monoisotopic (exact) mass is 588 g/mol. The largest absolute Gasteiger partial charge is 0.462 e. The highest BCUT2D eigenvalue weighted by atomic mass is 16.6. The Labute approximate surface area is 243 Å². The summed E-state index contributed by atoms with van der Waals surface area (Å²) in [4.78, 5) is 51.7. The number of epoxide rings is 1. The summed E-state index contributed by atoms with van der Waals surface area (Å²) in [6.07, 6.45) is -1.59. The van der Waals surface area contributed by atoms with E-state index in [0.717, 1.165) is 0 Å². The maximum Gasteiger partial charge on any atom is 0.343 e. The van der Waals surface area contributed by atoms with E-state index in [-0.39, 0.29) is 30.6 Å². The van der Waals surface area contributed by atoms with E-state index in [1.165, 1.54) is 20.8 Å². The molecule has 42 heavy (non-hydrogen) atoms. The second-order valence-electron chi connectivity index (χ2n) is 14.7. The zero-order chi connectivity index (χ0) is 30.5. The summed E-state index contributed by atoms with van der Waals surface area (Å²) in [5, 5.41) is 35.3. The van der Waals surface area contributed by atoms with Crippen LogP contribution in [0, 0.1) is 52.3 Å². The van der Waals surface area contributed by atoms with Gasteiger partial charge in [-0.2, -0.15) is 0 Å². The molecule has 2 saturated heterocycles. The van der Waals surface area contributed by atoms with Gasteiger partial charge in [0.25, 0.3) is 0 Å². The van der Waals surface area contributed by atoms with Gasteiger partial charge in [0.1, 0.15) is 35.8 Å². The molecule has 2 heterocycles. The first kappa shape index (κ1) is 28.4. The third kappa shape index (κ3) is 3.21. The first-order chi connectivity index (χ1) is 19.5. The van der Waals surface area contributed by atoms with Gasteiger partial charge in [0.15, 0.2) is 11.4 Å². The van der Waals surface area contributed by atoms with Crippen LogP contribution in [0.4, 0.5) is 0 Å². The zero-order valence-corrected chi connectivity index (χ0v) is 24.7. The summed E-state index contributed by atoms with van der Waals surface area (Å²) >= 11 is 0. The number of rotatable bonds is 2. The van der Waals surface area contributed by atoms with E-state index >= 15 is 0 Å². The molecule has 11 heteroatoms. The number of ether oxygens (including phenoxy) is 4. The Bertz CT molecular complexity index is 1320. The molecule has 0 aromatic heterocycles. The average Bonchev–Trinajstić information content (AvgIpc) is 3.50. The third-order valence-corrected chi connectivity index (χ3v) is 12.9. The molecular weight excluding hydrogens is 548 g/mol. The number of hydrogen-bond acceptors (Lipinski definition) is 11. The fourth-order valence-corrected chi connectivity index (χ4v) is 11.3. The van der Waals surface area contributed by atoms with Crippen LogP contribution in [-0.4, -0.2) is 80.7 Å². The van der Waals surface area contributed by atoms with Gasteiger partial charge in [-0.15, -0.1) is 0 Å². The Morgan fingerprint density at radius 1 is 1.02 bits per heavy atom. The van der Waals surface area contributed by atoms with Gasteiger partial charge < -0.3 is 34.3 Å². The molecule has 7 aliphatic rings. The molecule has 230 valence electrons. The van der Waals surface area contributed by atoms with Crippen LogP contribution in [0.25, 0.3) is 0 Å². The van der Waals surface area contributed by atoms with E-state index in [4.69, 9.17) is 18.9 Å². The number of fused-ring (bicyclic) bond motifs is 10. The van der Waals surface area contributed by atoms with Crippen LogP contribution in [-0.2, 0) is 38.1 Å². The van der Waals surface area contributed by atoms with Crippen molar-refractivity contribution in [3.05, 3.63) is 11.8 Å². The van der Waals surface area contributed by atoms with Crippen LogP contribution in [0.3, 0.4) is 0 Å². The van der Waals surface area contributed by atoms with Crippen molar-refractivity contribution in [3.63, 3.8) is 0 Å². The van der Waals surface area contributed by atoms with E-state index in [2.05, 4.69) is 0 Å². The van der Waals surface area contributed by atoms with E-state index < -0.39 is 99.9 Å². The lowest BCUT2D eigenvalue weighted by atomic mass is 9.41. The van der Waals surface area contributed by atoms with Crippen LogP contribution >= 0.6 is 0 Å². The lowest BCUT2D eigenvalue weighted by Crippen LogP contribution is -2.76. The predicted molar refractivity (Wildman–Crippen MR) is 141 cm³/mol. The van der Waals surface area contributed by atoms with Crippen molar-refractivity contribution in [2.45, 2.75) is 103 Å². The summed E-state index contributed by atoms with van der Waals surface area (Å²) in [7, 11) is 0. The SMILES string of the molecule is CC(=O)O[C@H]1C[C@H]2[C@@H]([C@H](O)C(=O)[C@@]3(O)C[C@@H]4O[C@@H]4[C@H](OC(C)=O)[C@@]23C)[C@@H]2C[C@H]3[C@H]([C@H](C)C=C4OC(=O)[C@@](C)(O)[C@@H]43)[C@]12C. The van der Waals surface area contributed by atoms with Gasteiger partial charge in [-0.1, -0.05) is 20.8 Å². The number of esters is 3. The van der Waals surface area contributed by atoms with Gasteiger partial charge in [-0.3, -0.25) is 14.4 Å². The smallest absolute Gasteiger partial charge is 0.343 e. The zero-order valence-electron chi connectivity index (χ0n) is 24.7. The molecule has 0 bridgehead atoms. The Kier molecular flexibility index (Phi) is 5.71. The van der Waals surface area contributed by atoms with Gasteiger partial charge in [-0.05, 0) is 61.3 Å². The molecule has 0 aromatic carbocycles. The molecule has 0 spiro atoms. The Morgan fingerprint density at radius 2 is 1.69 bits per heavy atom. The van der Waals surface area contributed by atoms with Crippen LogP contribution in [0.1, 0.15) is 60.8 Å². The van der Waals surface area contributed by atoms with Crippen molar-refractivity contribution in [1.82, 2.24) is 0 Å². The fourth-order valence-electron chi connectivity index (χ4n) is 11.3. The molecule has 0 aromatic rings. The summed E-state index contributed by atoms with van der Waals surface area (Å²) in [5.74, 6) is -4.88. The summed E-state index contributed by atoms with van der Waals surface area (Å²) in [6.45, 7) is 9.86. The molecule has 6 fully saturated rings. The van der Waals surface area contributed by atoms with Crippen molar-refractivity contribution in [2.24, 2.45) is 52.3 Å². The predicted octanol–water partition coefficient (Wildman–Crippen LogP) is 1.05. The van der Waals surface area contributed by atoms with Gasteiger partial charge in [0, 0.05) is 31.1 Å². The van der Waals surface area contributed by atoms with Gasteiger partial charge in [0.05, 0.1) is 12.0 Å². The Hall–Kier alpha value is -2.34. The molecule has 0 unspecified atom stereocenters. The molecule has 11 nitrogen and oxygen atoms in total. The minimum atomic E-state index is -2.03. The van der Waals surface area contributed by atoms with Crippen LogP contribution in [0.2, 0.25) is 0 Å². The van der Waals surface area contributed by atoms with Gasteiger partial charge in [-0.25, -0.2) is 4.79 Å². The number of aliphatic hydroxyl groups is 3. The number of allylic oxidation sites excluding steroid dienone is 1. The van der Waals surface area contributed by atoms with Crippen LogP contribution in [0.15, 0.2) is 11.8 Å². The molecule has 2 aliphatic heterocycles. The number of hydrogen-bond donors (Lipinski definition) is 3. The lowest BCUT2D eigenvalue weighted by Gasteiger charge is -2.65. The third-order valence-electron chi connectivity index (χ3n) is 12.9. The van der Waals surface area contributed by atoms with Crippen molar-refractivity contribution >= 4 is 23.7 Å². The number of carbonyl (C=O) groups excluding carboxylic acids is 4. The highest BCUT2D eigenvalue weighted by molar-refractivity contribution is 5.94. The second kappa shape index (κ2) is 8.43. The average molecular weight is 589 g/mol. The topological polar surface area (TPSA) is 169 Å². The van der Waals surface area contributed by atoms with E-state index in [9.17, 15) is 34.5 Å². The quantitative estimate of drug-likeness (QED) is 0.239. The Morgan fingerprint density at radius 3 is 2.33 bits per heavy atom. The summed E-state index contributed by atoms with van der Waals surface area (Å²) in [5.41, 5.74) is -5.87. The molecule has 16 atom stereocenters. The lowest BCUT2D eigenvalue weighted by molar-refractivity contribution is -0.263. The van der Waals surface area contributed by atoms with E-state index in [1.54, 1.807) is 6.92 Å². The fraction of sp³-hybridized carbons (Fsp3) is 0.806. The van der Waals surface area contributed by atoms with Crippen LogP contribution < -0.4 is 0 Å². The second-order valence-corrected chi connectivity index (χ2v) is 14.7. The highest BCUT2D eigenvalue weighted by Crippen LogP contribution is 2.73. The molecule has 0 amide bonds. The number of carbonyl (C=O) groups is 4. The maximum absolute atomic E-state index is 14.1. The molecule has 7 rings (SSSR count). The van der Waals surface area contributed by atoms with E-state index in [0.29, 0.717) is 12.2 Å². The van der Waals surface area contributed by atoms with Crippen molar-refractivity contribution in [2.75, 3.05) is 0 Å². The summed E-state index contributed by atoms with van der Waals surface area (Å²) in [6, 6.07) is 0.